The molecule has 0 radical (unpaired) electrons. The molecule has 1 aromatic carbocycles. The van der Waals surface area contributed by atoms with Gasteiger partial charge in [-0.05, 0) is 48.1 Å². The lowest BCUT2D eigenvalue weighted by molar-refractivity contribution is 0.0696. The lowest BCUT2D eigenvalue weighted by atomic mass is 9.79. The van der Waals surface area contributed by atoms with E-state index in [0.29, 0.717) is 11.4 Å². The number of aromatic nitrogens is 1. The van der Waals surface area contributed by atoms with Gasteiger partial charge in [-0.25, -0.2) is 4.79 Å². The molecule has 0 atom stereocenters. The number of carboxylic acid groups (broad SMARTS) is 1. The van der Waals surface area contributed by atoms with Crippen molar-refractivity contribution < 1.29 is 9.90 Å². The minimum absolute atomic E-state index is 0.158. The predicted octanol–water partition coefficient (Wildman–Crippen LogP) is 4.26. The minimum Gasteiger partial charge on any atom is -0.478 e. The van der Waals surface area contributed by atoms with Crippen LogP contribution >= 0.6 is 11.6 Å². The van der Waals surface area contributed by atoms with E-state index in [0.717, 1.165) is 16.8 Å². The van der Waals surface area contributed by atoms with E-state index in [1.807, 2.05) is 31.2 Å². The molecule has 1 heterocycles. The van der Waals surface area contributed by atoms with Gasteiger partial charge in [0.25, 0.3) is 0 Å². The molecule has 21 heavy (non-hydrogen) atoms. The molecule has 0 saturated carbocycles. The molecule has 0 unspecified atom stereocenters. The molecule has 0 aliphatic rings. The Labute approximate surface area is 129 Å². The van der Waals surface area contributed by atoms with Crippen LogP contribution in [0.15, 0.2) is 36.5 Å². The minimum atomic E-state index is -0.954. The van der Waals surface area contributed by atoms with Crippen molar-refractivity contribution in [3.8, 4) is 0 Å². The van der Waals surface area contributed by atoms with E-state index in [-0.39, 0.29) is 11.0 Å². The molecular formula is C17H18ClNO2. The van der Waals surface area contributed by atoms with Crippen molar-refractivity contribution in [3.63, 3.8) is 0 Å². The topological polar surface area (TPSA) is 50.2 Å². The number of aromatic carboxylic acids is 1. The number of hydrogen-bond acceptors (Lipinski definition) is 2. The normalized spacial score (nSPS) is 11.4. The smallest absolute Gasteiger partial charge is 0.337 e. The maximum atomic E-state index is 11.1. The third-order valence-electron chi connectivity index (χ3n) is 3.68. The average Bonchev–Trinajstić information content (AvgIpc) is 2.41. The van der Waals surface area contributed by atoms with Gasteiger partial charge in [0.15, 0.2) is 0 Å². The molecule has 1 N–H and O–H groups in total. The van der Waals surface area contributed by atoms with Crippen LogP contribution in [0.2, 0.25) is 5.02 Å². The first kappa shape index (κ1) is 15.5. The summed E-state index contributed by atoms with van der Waals surface area (Å²) in [6.07, 6.45) is 2.10. The zero-order chi connectivity index (χ0) is 15.6. The summed E-state index contributed by atoms with van der Waals surface area (Å²) in [5.41, 5.74) is 2.98. The number of rotatable bonds is 4. The molecule has 0 saturated heterocycles. The maximum absolute atomic E-state index is 11.1. The highest BCUT2D eigenvalue weighted by atomic mass is 35.5. The van der Waals surface area contributed by atoms with Crippen LogP contribution in [0, 0.1) is 6.92 Å². The number of nitrogens with zero attached hydrogens (tertiary/aromatic N) is 1. The number of carbonyl (C=O) groups is 1. The second kappa shape index (κ2) is 5.86. The summed E-state index contributed by atoms with van der Waals surface area (Å²) in [4.78, 5) is 15.3. The summed E-state index contributed by atoms with van der Waals surface area (Å²) in [6.45, 7) is 6.13. The lowest BCUT2D eigenvalue weighted by Crippen LogP contribution is -2.21. The van der Waals surface area contributed by atoms with Crippen molar-refractivity contribution in [3.05, 3.63) is 63.9 Å². The Morgan fingerprint density at radius 2 is 2.05 bits per heavy atom. The number of benzene rings is 1. The molecule has 110 valence electrons. The summed E-state index contributed by atoms with van der Waals surface area (Å²) < 4.78 is 0. The molecule has 3 nitrogen and oxygen atoms in total. The van der Waals surface area contributed by atoms with Gasteiger partial charge in [0.1, 0.15) is 0 Å². The Hall–Kier alpha value is -1.87. The quantitative estimate of drug-likeness (QED) is 0.918. The zero-order valence-corrected chi connectivity index (χ0v) is 13.1. The second-order valence-corrected chi connectivity index (χ2v) is 6.28. The van der Waals surface area contributed by atoms with Gasteiger partial charge in [-0.1, -0.05) is 37.6 Å². The van der Waals surface area contributed by atoms with Crippen LogP contribution in [0.4, 0.5) is 0 Å². The molecule has 0 bridgehead atoms. The molecule has 0 spiro atoms. The number of pyridine rings is 1. The van der Waals surface area contributed by atoms with E-state index in [1.165, 1.54) is 6.20 Å². The lowest BCUT2D eigenvalue weighted by Gasteiger charge is -2.26. The molecule has 0 aliphatic carbocycles. The molecule has 2 rings (SSSR count). The van der Waals surface area contributed by atoms with Crippen LogP contribution in [-0.4, -0.2) is 16.1 Å². The standard InChI is InChI=1S/C17H18ClNO2/c1-11-12(7-13(10-19-11)16(20)21)9-17(2,3)14-5-4-6-15(18)8-14/h4-8,10H,9H2,1-3H3,(H,20,21). The van der Waals surface area contributed by atoms with E-state index in [1.54, 1.807) is 6.07 Å². The monoisotopic (exact) mass is 303 g/mol. The SMILES string of the molecule is Cc1ncc(C(=O)O)cc1CC(C)(C)c1cccc(Cl)c1. The fourth-order valence-electron chi connectivity index (χ4n) is 2.36. The molecule has 1 aromatic heterocycles. The summed E-state index contributed by atoms with van der Waals surface area (Å²) in [5, 5.41) is 9.80. The predicted molar refractivity (Wildman–Crippen MR) is 84.1 cm³/mol. The van der Waals surface area contributed by atoms with Crippen LogP contribution in [0.25, 0.3) is 0 Å². The fraction of sp³-hybridized carbons (Fsp3) is 0.294. The molecule has 0 fully saturated rings. The number of halogens is 1. The Kier molecular flexibility index (Phi) is 4.33. The third-order valence-corrected chi connectivity index (χ3v) is 3.91. The molecule has 4 heteroatoms. The highest BCUT2D eigenvalue weighted by Crippen LogP contribution is 2.30. The van der Waals surface area contributed by atoms with E-state index in [9.17, 15) is 4.79 Å². The Balaban J connectivity index is 2.36. The van der Waals surface area contributed by atoms with Gasteiger partial charge in [-0.2, -0.15) is 0 Å². The van der Waals surface area contributed by atoms with Crippen molar-refractivity contribution >= 4 is 17.6 Å². The fourth-order valence-corrected chi connectivity index (χ4v) is 2.55. The van der Waals surface area contributed by atoms with Crippen LogP contribution in [0.1, 0.15) is 41.0 Å². The summed E-state index contributed by atoms with van der Waals surface area (Å²) in [6, 6.07) is 9.47. The third kappa shape index (κ3) is 3.61. The van der Waals surface area contributed by atoms with Gasteiger partial charge >= 0.3 is 5.97 Å². The number of aryl methyl sites for hydroxylation is 1. The van der Waals surface area contributed by atoms with E-state index < -0.39 is 5.97 Å². The van der Waals surface area contributed by atoms with Crippen LogP contribution in [-0.2, 0) is 11.8 Å². The van der Waals surface area contributed by atoms with E-state index >= 15 is 0 Å². The largest absolute Gasteiger partial charge is 0.478 e. The molecule has 0 aliphatic heterocycles. The van der Waals surface area contributed by atoms with Gasteiger partial charge < -0.3 is 5.11 Å². The van der Waals surface area contributed by atoms with Crippen molar-refractivity contribution in [2.24, 2.45) is 0 Å². The summed E-state index contributed by atoms with van der Waals surface area (Å²) in [5.74, 6) is -0.954. The first-order chi connectivity index (χ1) is 9.79. The Bertz CT molecular complexity index is 680. The summed E-state index contributed by atoms with van der Waals surface area (Å²) in [7, 11) is 0. The average molecular weight is 304 g/mol. The van der Waals surface area contributed by atoms with Gasteiger partial charge in [0, 0.05) is 16.9 Å². The van der Waals surface area contributed by atoms with Crippen LogP contribution < -0.4 is 0 Å². The maximum Gasteiger partial charge on any atom is 0.337 e. The zero-order valence-electron chi connectivity index (χ0n) is 12.4. The molecular weight excluding hydrogens is 286 g/mol. The summed E-state index contributed by atoms with van der Waals surface area (Å²) >= 11 is 6.06. The highest BCUT2D eigenvalue weighted by Gasteiger charge is 2.23. The first-order valence-electron chi connectivity index (χ1n) is 6.74. The number of carboxylic acids is 1. The van der Waals surface area contributed by atoms with Crippen molar-refractivity contribution in [2.75, 3.05) is 0 Å². The second-order valence-electron chi connectivity index (χ2n) is 5.84. The van der Waals surface area contributed by atoms with E-state index in [2.05, 4.69) is 18.8 Å². The number of hydrogen-bond donors (Lipinski definition) is 1. The molecule has 0 amide bonds. The van der Waals surface area contributed by atoms with Gasteiger partial charge in [0.2, 0.25) is 0 Å². The highest BCUT2D eigenvalue weighted by molar-refractivity contribution is 6.30. The van der Waals surface area contributed by atoms with Crippen molar-refractivity contribution in [2.45, 2.75) is 32.6 Å². The first-order valence-corrected chi connectivity index (χ1v) is 7.12. The van der Waals surface area contributed by atoms with Gasteiger partial charge in [-0.3, -0.25) is 4.98 Å². The van der Waals surface area contributed by atoms with E-state index in [4.69, 9.17) is 16.7 Å². The van der Waals surface area contributed by atoms with Crippen LogP contribution in [0.3, 0.4) is 0 Å². The Morgan fingerprint density at radius 3 is 2.67 bits per heavy atom. The van der Waals surface area contributed by atoms with Crippen LogP contribution in [0.5, 0.6) is 0 Å². The molecule has 2 aromatic rings. The van der Waals surface area contributed by atoms with Crippen molar-refractivity contribution in [1.29, 1.82) is 0 Å². The Morgan fingerprint density at radius 1 is 1.33 bits per heavy atom. The van der Waals surface area contributed by atoms with Crippen molar-refractivity contribution in [1.82, 2.24) is 4.98 Å². The van der Waals surface area contributed by atoms with Gasteiger partial charge in [0.05, 0.1) is 5.56 Å². The van der Waals surface area contributed by atoms with Gasteiger partial charge in [-0.15, -0.1) is 0 Å².